The zero-order valence-electron chi connectivity index (χ0n) is 46.5. The van der Waals surface area contributed by atoms with Crippen LogP contribution in [0, 0.1) is 34.6 Å². The van der Waals surface area contributed by atoms with E-state index in [1.54, 1.807) is 33.6 Å². The molecular weight excluding hydrogens is 1180 g/mol. The van der Waals surface area contributed by atoms with Crippen LogP contribution in [0.5, 0.6) is 0 Å². The van der Waals surface area contributed by atoms with E-state index in [0.29, 0.717) is 0 Å². The van der Waals surface area contributed by atoms with Crippen molar-refractivity contribution in [3.05, 3.63) is 327 Å². The molecule has 13 aromatic carbocycles. The van der Waals surface area contributed by atoms with E-state index in [-0.39, 0.29) is 47.6 Å². The van der Waals surface area contributed by atoms with Crippen molar-refractivity contribution in [2.24, 2.45) is 0 Å². The molecule has 13 rings (SSSR count). The van der Waals surface area contributed by atoms with Gasteiger partial charge in [0.25, 0.3) is 0 Å². The molecule has 4 heteroatoms. The first-order valence-corrected chi connectivity index (χ1v) is 27.6. The molecule has 0 aromatic heterocycles. The normalized spacial score (nSPS) is 9.61. The van der Waals surface area contributed by atoms with Crippen molar-refractivity contribution < 1.29 is 47.6 Å². The number of benzene rings is 9. The van der Waals surface area contributed by atoms with E-state index in [1.165, 1.54) is 104 Å². The summed E-state index contributed by atoms with van der Waals surface area (Å²) in [5.41, 5.74) is 20.3. The molecule has 0 heterocycles. The van der Waals surface area contributed by atoms with E-state index >= 15 is 0 Å². The fraction of sp³-hybridized carbons (Fsp3) is 0.0667. The predicted octanol–water partition coefficient (Wildman–Crippen LogP) is 18.5. The Bertz CT molecular complexity index is 3540. The molecule has 0 saturated carbocycles. The molecule has 0 atom stereocenters. The van der Waals surface area contributed by atoms with Gasteiger partial charge in [0.15, 0.2) is 0 Å². The van der Waals surface area contributed by atoms with Gasteiger partial charge in [-0.25, -0.2) is 0 Å². The molecule has 386 valence electrons. The second kappa shape index (κ2) is 35.6. The minimum atomic E-state index is 0. The van der Waals surface area contributed by atoms with Gasteiger partial charge in [0, 0.05) is 0 Å². The van der Waals surface area contributed by atoms with Crippen LogP contribution >= 0.6 is 0 Å². The summed E-state index contributed by atoms with van der Waals surface area (Å²) in [5.74, 6) is 0. The van der Waals surface area contributed by atoms with Crippen LogP contribution in [0.25, 0.3) is 76.5 Å². The van der Waals surface area contributed by atoms with Crippen LogP contribution < -0.4 is 0 Å². The molecule has 0 aliphatic carbocycles. The summed E-state index contributed by atoms with van der Waals surface area (Å²) in [6.07, 6.45) is 0. The fourth-order valence-corrected chi connectivity index (χ4v) is 9.43. The predicted molar refractivity (Wildman–Crippen MR) is 349 cm³/mol. The maximum absolute atomic E-state index is 3.25. The average Bonchev–Trinajstić information content (AvgIpc) is 4.34. The maximum atomic E-state index is 3.25. The second-order valence-corrected chi connectivity index (χ2v) is 18.6. The zero-order valence-corrected chi connectivity index (χ0v) is 54.4. The quantitative estimate of drug-likeness (QED) is 0.119. The molecule has 0 spiro atoms. The summed E-state index contributed by atoms with van der Waals surface area (Å²) >= 11 is 0. The molecule has 0 N–H and O–H groups in total. The molecule has 79 heavy (non-hydrogen) atoms. The third kappa shape index (κ3) is 19.5. The molecular formula is C75H70HfSi2Ti. The van der Waals surface area contributed by atoms with Crippen LogP contribution in [-0.4, -0.2) is 31.1 Å². The Morgan fingerprint density at radius 1 is 0.329 bits per heavy atom. The number of rotatable bonds is 5. The van der Waals surface area contributed by atoms with Gasteiger partial charge in [-0.2, -0.15) is 90.9 Å². The molecule has 0 saturated heterocycles. The van der Waals surface area contributed by atoms with Crippen molar-refractivity contribution >= 4 is 74.1 Å². The molecule has 0 aliphatic heterocycles. The largest absolute Gasteiger partial charge is 4.00 e. The first kappa shape index (κ1) is 64.7. The first-order valence-electron chi connectivity index (χ1n) is 26.2. The van der Waals surface area contributed by atoms with Crippen LogP contribution in [0.1, 0.15) is 41.7 Å². The van der Waals surface area contributed by atoms with Gasteiger partial charge in [0.1, 0.15) is 0 Å². The SMILES string of the molecule is Cc1cc2c(-c3ccccc3)cccc2[cH-]1.Cc1cc2c(-c3ccccc3)cccc2[cH-]1.Cc1cc2ccccc2[cH-]1.[CH2-]C.[CH2-]C.[Hf+4].[SiH2]=[C-]c1ccccc1.[SiH2]=[C-]c1ccccc1.[Ti+4].c1ccc(-c2cccc3[cH-]ccc23)cc1. The molecule has 0 nitrogen and oxygen atoms in total. The van der Waals surface area contributed by atoms with Gasteiger partial charge in [-0.05, 0) is 16.7 Å². The summed E-state index contributed by atoms with van der Waals surface area (Å²) in [6, 6.07) is 99.5. The van der Waals surface area contributed by atoms with Crippen LogP contribution in [0.15, 0.2) is 285 Å². The summed E-state index contributed by atoms with van der Waals surface area (Å²) < 4.78 is 0. The summed E-state index contributed by atoms with van der Waals surface area (Å²) in [6.45, 7) is 16.4. The van der Waals surface area contributed by atoms with Crippen molar-refractivity contribution in [1.29, 1.82) is 0 Å². The molecule has 0 unspecified atom stereocenters. The standard InChI is InChI=1S/2C16H13.C15H11.C10H9.2C7H7Si.2C2H5.Hf.Ti/c2*1-12-10-14-8-5-9-15(16(14)11-12)13-6-3-2-4-7-13;1-2-6-12(7-3-1)14-10-4-8-13-9-5-11-15(13)14;1-8-6-9-4-2-3-5-10(9)7-8;2*8-6-7-4-2-1-3-5-7;2*1-2;;/h2*2-11H,1H3;1-11H;2-7H,1H3;2*1-5H,8H2;2*1H2,2H3;;/q8*-1;2*+4. The van der Waals surface area contributed by atoms with Gasteiger partial charge in [-0.1, -0.05) is 185 Å². The van der Waals surface area contributed by atoms with Crippen molar-refractivity contribution in [3.63, 3.8) is 0 Å². The van der Waals surface area contributed by atoms with Gasteiger partial charge in [-0.15, -0.1) is 163 Å². The smallest absolute Gasteiger partial charge is 0.346 e. The van der Waals surface area contributed by atoms with Crippen LogP contribution in [0.2, 0.25) is 0 Å². The van der Waals surface area contributed by atoms with E-state index in [9.17, 15) is 0 Å². The topological polar surface area (TPSA) is 0 Å². The third-order valence-corrected chi connectivity index (χ3v) is 13.3. The zero-order chi connectivity index (χ0) is 54.6. The average molecular weight is 1250 g/mol. The summed E-state index contributed by atoms with van der Waals surface area (Å²) in [5, 5.41) is 10.7. The molecule has 0 amide bonds. The van der Waals surface area contributed by atoms with Crippen molar-refractivity contribution in [1.82, 2.24) is 0 Å². The van der Waals surface area contributed by atoms with Crippen molar-refractivity contribution in [2.45, 2.75) is 34.6 Å². The molecule has 0 bridgehead atoms. The second-order valence-electron chi connectivity index (χ2n) is 17.9. The van der Waals surface area contributed by atoms with E-state index in [2.05, 4.69) is 270 Å². The molecule has 0 aliphatic rings. The van der Waals surface area contributed by atoms with Gasteiger partial charge < -0.3 is 13.8 Å². The Morgan fingerprint density at radius 2 is 0.646 bits per heavy atom. The maximum Gasteiger partial charge on any atom is 4.00 e. The summed E-state index contributed by atoms with van der Waals surface area (Å²) in [4.78, 5) is 0. The molecule has 0 fully saturated rings. The van der Waals surface area contributed by atoms with Gasteiger partial charge in [0.2, 0.25) is 0 Å². The van der Waals surface area contributed by atoms with E-state index in [1.807, 2.05) is 60.7 Å². The minimum Gasteiger partial charge on any atom is -0.346 e. The van der Waals surface area contributed by atoms with Crippen LogP contribution in [0.3, 0.4) is 0 Å². The summed E-state index contributed by atoms with van der Waals surface area (Å²) in [7, 11) is 3.47. The third-order valence-electron chi connectivity index (χ3n) is 12.4. The van der Waals surface area contributed by atoms with Crippen LogP contribution in [0.4, 0.5) is 0 Å². The Hall–Kier alpha value is -6.82. The number of hydrogen-bond donors (Lipinski definition) is 0. The van der Waals surface area contributed by atoms with E-state index in [4.69, 9.17) is 0 Å². The van der Waals surface area contributed by atoms with Gasteiger partial charge >= 0.3 is 47.6 Å². The minimum absolute atomic E-state index is 0. The van der Waals surface area contributed by atoms with Gasteiger partial charge in [0.05, 0.1) is 0 Å². The first-order chi connectivity index (χ1) is 37.9. The van der Waals surface area contributed by atoms with E-state index in [0.717, 1.165) is 0 Å². The Balaban J connectivity index is 0.000000205. The Morgan fingerprint density at radius 3 is 1.03 bits per heavy atom. The van der Waals surface area contributed by atoms with E-state index < -0.39 is 0 Å². The molecule has 0 radical (unpaired) electrons. The van der Waals surface area contributed by atoms with Crippen molar-refractivity contribution in [3.8, 4) is 33.4 Å². The van der Waals surface area contributed by atoms with Crippen molar-refractivity contribution in [2.75, 3.05) is 0 Å². The molecule has 13 aromatic rings. The Labute approximate surface area is 512 Å². The number of hydrogen-bond acceptors (Lipinski definition) is 0. The van der Waals surface area contributed by atoms with Crippen LogP contribution in [-0.2, 0) is 47.6 Å². The Kier molecular flexibility index (Phi) is 29.2. The fourth-order valence-electron chi connectivity index (χ4n) is 8.96. The van der Waals surface area contributed by atoms with Gasteiger partial charge in [-0.3, -0.25) is 0 Å². The monoisotopic (exact) mass is 1250 g/mol. The number of aryl methyl sites for hydroxylation is 3. The number of fused-ring (bicyclic) bond motifs is 4.